The molecule has 3 aromatic rings. The summed E-state index contributed by atoms with van der Waals surface area (Å²) in [5.74, 6) is 1.03. The Hall–Kier alpha value is -2.61. The quantitative estimate of drug-likeness (QED) is 0.694. The van der Waals surface area contributed by atoms with Crippen molar-refractivity contribution in [2.24, 2.45) is 0 Å². The van der Waals surface area contributed by atoms with Crippen LogP contribution in [-0.4, -0.2) is 27.0 Å². The second-order valence-corrected chi connectivity index (χ2v) is 5.67. The zero-order chi connectivity index (χ0) is 16.1. The van der Waals surface area contributed by atoms with Crippen LogP contribution in [0.1, 0.15) is 11.3 Å². The third-order valence-corrected chi connectivity index (χ3v) is 3.73. The van der Waals surface area contributed by atoms with Gasteiger partial charge in [-0.05, 0) is 12.5 Å². The highest BCUT2D eigenvalue weighted by molar-refractivity contribution is 7.99. The predicted octanol–water partition coefficient (Wildman–Crippen LogP) is 2.44. The average molecular weight is 330 g/mol. The summed E-state index contributed by atoms with van der Waals surface area (Å²) in [5.41, 5.74) is 1.53. The van der Waals surface area contributed by atoms with Crippen LogP contribution in [0.25, 0.3) is 11.6 Å². The van der Waals surface area contributed by atoms with E-state index in [-0.39, 0.29) is 17.6 Å². The maximum Gasteiger partial charge on any atom is 0.277 e. The lowest BCUT2D eigenvalue weighted by Gasteiger charge is -2.03. The summed E-state index contributed by atoms with van der Waals surface area (Å²) >= 11 is 1.18. The summed E-state index contributed by atoms with van der Waals surface area (Å²) in [5, 5.41) is 14.7. The van der Waals surface area contributed by atoms with Crippen LogP contribution in [0.5, 0.6) is 0 Å². The largest absolute Gasteiger partial charge is 0.409 e. The van der Waals surface area contributed by atoms with E-state index in [0.29, 0.717) is 23.2 Å². The molecule has 0 aliphatic heterocycles. The SMILES string of the molecule is Cc1cc(-c2nnc(SCC(=O)NCc3ccccc3)o2)no1. The van der Waals surface area contributed by atoms with Crippen LogP contribution in [0, 0.1) is 6.92 Å². The number of nitrogens with zero attached hydrogens (tertiary/aromatic N) is 3. The van der Waals surface area contributed by atoms with E-state index in [1.165, 1.54) is 11.8 Å². The Balaban J connectivity index is 1.48. The van der Waals surface area contributed by atoms with E-state index >= 15 is 0 Å². The Morgan fingerprint density at radius 1 is 1.26 bits per heavy atom. The predicted molar refractivity (Wildman–Crippen MR) is 83.5 cm³/mol. The Morgan fingerprint density at radius 3 is 2.83 bits per heavy atom. The van der Waals surface area contributed by atoms with E-state index in [1.807, 2.05) is 30.3 Å². The van der Waals surface area contributed by atoms with E-state index in [0.717, 1.165) is 5.56 Å². The molecule has 1 amide bonds. The number of thioether (sulfide) groups is 1. The minimum atomic E-state index is -0.101. The molecule has 1 aromatic carbocycles. The van der Waals surface area contributed by atoms with Gasteiger partial charge >= 0.3 is 0 Å². The smallest absolute Gasteiger partial charge is 0.277 e. The third-order valence-electron chi connectivity index (χ3n) is 2.91. The zero-order valence-corrected chi connectivity index (χ0v) is 13.2. The Morgan fingerprint density at radius 2 is 2.09 bits per heavy atom. The molecule has 0 aliphatic rings. The number of benzene rings is 1. The fourth-order valence-corrected chi connectivity index (χ4v) is 2.41. The number of amides is 1. The first-order chi connectivity index (χ1) is 11.2. The van der Waals surface area contributed by atoms with E-state index in [4.69, 9.17) is 8.94 Å². The van der Waals surface area contributed by atoms with Crippen molar-refractivity contribution in [3.8, 4) is 11.6 Å². The minimum Gasteiger partial charge on any atom is -0.409 e. The second kappa shape index (κ2) is 7.10. The number of hydrogen-bond donors (Lipinski definition) is 1. The van der Waals surface area contributed by atoms with Crippen molar-refractivity contribution in [1.82, 2.24) is 20.7 Å². The van der Waals surface area contributed by atoms with Crippen molar-refractivity contribution < 1.29 is 13.7 Å². The van der Waals surface area contributed by atoms with Crippen LogP contribution in [0.15, 0.2) is 50.6 Å². The van der Waals surface area contributed by atoms with Crippen LogP contribution in [0.4, 0.5) is 0 Å². The lowest BCUT2D eigenvalue weighted by Crippen LogP contribution is -2.24. The van der Waals surface area contributed by atoms with Crippen molar-refractivity contribution in [3.63, 3.8) is 0 Å². The number of carbonyl (C=O) groups is 1. The van der Waals surface area contributed by atoms with Gasteiger partial charge in [-0.2, -0.15) is 0 Å². The van der Waals surface area contributed by atoms with Crippen molar-refractivity contribution in [2.75, 3.05) is 5.75 Å². The molecule has 23 heavy (non-hydrogen) atoms. The lowest BCUT2D eigenvalue weighted by molar-refractivity contribution is -0.118. The number of carbonyl (C=O) groups excluding carboxylic acids is 1. The number of rotatable bonds is 6. The van der Waals surface area contributed by atoms with Crippen molar-refractivity contribution >= 4 is 17.7 Å². The van der Waals surface area contributed by atoms with Gasteiger partial charge in [0, 0.05) is 12.6 Å². The summed E-state index contributed by atoms with van der Waals surface area (Å²) in [7, 11) is 0. The number of aryl methyl sites for hydroxylation is 1. The third kappa shape index (κ3) is 4.19. The summed E-state index contributed by atoms with van der Waals surface area (Å²) in [6, 6.07) is 11.4. The molecule has 1 N–H and O–H groups in total. The highest BCUT2D eigenvalue weighted by atomic mass is 32.2. The summed E-state index contributed by atoms with van der Waals surface area (Å²) in [4.78, 5) is 11.8. The first kappa shape index (κ1) is 15.3. The minimum absolute atomic E-state index is 0.101. The van der Waals surface area contributed by atoms with Crippen LogP contribution in [0.2, 0.25) is 0 Å². The summed E-state index contributed by atoms with van der Waals surface area (Å²) in [6.45, 7) is 2.27. The molecule has 2 heterocycles. The molecule has 0 saturated heterocycles. The van der Waals surface area contributed by atoms with E-state index in [2.05, 4.69) is 20.7 Å². The Labute approximate surface area is 136 Å². The van der Waals surface area contributed by atoms with Crippen molar-refractivity contribution in [2.45, 2.75) is 18.7 Å². The van der Waals surface area contributed by atoms with Gasteiger partial charge in [-0.25, -0.2) is 0 Å². The maximum atomic E-state index is 11.8. The average Bonchev–Trinajstić information content (AvgIpc) is 3.20. The second-order valence-electron chi connectivity index (χ2n) is 4.75. The summed E-state index contributed by atoms with van der Waals surface area (Å²) in [6.07, 6.45) is 0. The van der Waals surface area contributed by atoms with Crippen LogP contribution < -0.4 is 5.32 Å². The van der Waals surface area contributed by atoms with Crippen LogP contribution in [-0.2, 0) is 11.3 Å². The van der Waals surface area contributed by atoms with E-state index in [9.17, 15) is 4.79 Å². The summed E-state index contributed by atoms with van der Waals surface area (Å²) < 4.78 is 10.4. The fourth-order valence-electron chi connectivity index (χ4n) is 1.81. The van der Waals surface area contributed by atoms with Gasteiger partial charge in [0.25, 0.3) is 11.1 Å². The molecular weight excluding hydrogens is 316 g/mol. The van der Waals surface area contributed by atoms with Gasteiger partial charge in [-0.15, -0.1) is 10.2 Å². The normalized spacial score (nSPS) is 10.7. The number of aromatic nitrogens is 3. The van der Waals surface area contributed by atoms with Crippen molar-refractivity contribution in [3.05, 3.63) is 47.7 Å². The molecule has 0 aliphatic carbocycles. The zero-order valence-electron chi connectivity index (χ0n) is 12.4. The first-order valence-electron chi connectivity index (χ1n) is 6.91. The molecule has 0 radical (unpaired) electrons. The molecule has 0 saturated carbocycles. The molecule has 0 spiro atoms. The van der Waals surface area contributed by atoms with E-state index < -0.39 is 0 Å². The monoisotopic (exact) mass is 330 g/mol. The molecule has 0 fully saturated rings. The van der Waals surface area contributed by atoms with Crippen LogP contribution in [0.3, 0.4) is 0 Å². The van der Waals surface area contributed by atoms with E-state index in [1.54, 1.807) is 13.0 Å². The van der Waals surface area contributed by atoms with Crippen LogP contribution >= 0.6 is 11.8 Å². The molecule has 118 valence electrons. The highest BCUT2D eigenvalue weighted by Crippen LogP contribution is 2.22. The molecule has 2 aromatic heterocycles. The highest BCUT2D eigenvalue weighted by Gasteiger charge is 2.14. The maximum absolute atomic E-state index is 11.8. The molecule has 0 unspecified atom stereocenters. The first-order valence-corrected chi connectivity index (χ1v) is 7.90. The topological polar surface area (TPSA) is 94.1 Å². The van der Waals surface area contributed by atoms with Gasteiger partial charge in [0.1, 0.15) is 5.76 Å². The molecule has 0 bridgehead atoms. The Bertz CT molecular complexity index is 785. The molecule has 0 atom stereocenters. The Kier molecular flexibility index (Phi) is 4.72. The number of nitrogens with one attached hydrogen (secondary N) is 1. The molecular formula is C15H14N4O3S. The van der Waals surface area contributed by atoms with Gasteiger partial charge in [0.2, 0.25) is 5.91 Å². The molecule has 8 heteroatoms. The standard InChI is InChI=1S/C15H14N4O3S/c1-10-7-12(19-22-10)14-17-18-15(21-14)23-9-13(20)16-8-11-5-3-2-4-6-11/h2-7H,8-9H2,1H3,(H,16,20). The van der Waals surface area contributed by atoms with Gasteiger partial charge in [0.05, 0.1) is 5.75 Å². The van der Waals surface area contributed by atoms with Gasteiger partial charge < -0.3 is 14.3 Å². The van der Waals surface area contributed by atoms with Gasteiger partial charge in [-0.1, -0.05) is 47.3 Å². The van der Waals surface area contributed by atoms with Gasteiger partial charge in [-0.3, -0.25) is 4.79 Å². The van der Waals surface area contributed by atoms with Crippen molar-refractivity contribution in [1.29, 1.82) is 0 Å². The number of hydrogen-bond acceptors (Lipinski definition) is 7. The molecule has 7 nitrogen and oxygen atoms in total. The fraction of sp³-hybridized carbons (Fsp3) is 0.200. The lowest BCUT2D eigenvalue weighted by atomic mass is 10.2. The molecule has 3 rings (SSSR count). The van der Waals surface area contributed by atoms with Gasteiger partial charge in [0.15, 0.2) is 5.69 Å².